The van der Waals surface area contributed by atoms with Crippen LogP contribution in [-0.4, -0.2) is 39.1 Å². The highest BCUT2D eigenvalue weighted by atomic mass is 16.4. The first-order valence-corrected chi connectivity index (χ1v) is 8.66. The number of rotatable bonds is 4. The molecule has 2 aromatic heterocycles. The van der Waals surface area contributed by atoms with Gasteiger partial charge in [-0.1, -0.05) is 18.2 Å². The SMILES string of the molecule is Cc1oc(-c2ccccc2)nc1CN1CCNCC1c1nccn1C. The van der Waals surface area contributed by atoms with E-state index in [0.717, 1.165) is 49.0 Å². The summed E-state index contributed by atoms with van der Waals surface area (Å²) in [5.41, 5.74) is 2.01. The van der Waals surface area contributed by atoms with Crippen molar-refractivity contribution in [3.8, 4) is 11.5 Å². The third kappa shape index (κ3) is 3.23. The minimum atomic E-state index is 0.241. The van der Waals surface area contributed by atoms with Crippen LogP contribution in [0.3, 0.4) is 0 Å². The zero-order valence-electron chi connectivity index (χ0n) is 14.6. The fraction of sp³-hybridized carbons (Fsp3) is 0.368. The van der Waals surface area contributed by atoms with Crippen molar-refractivity contribution in [2.75, 3.05) is 19.6 Å². The molecule has 0 amide bonds. The number of aryl methyl sites for hydroxylation is 2. The summed E-state index contributed by atoms with van der Waals surface area (Å²) in [7, 11) is 2.05. The first kappa shape index (κ1) is 16.1. The van der Waals surface area contributed by atoms with E-state index in [9.17, 15) is 0 Å². The summed E-state index contributed by atoms with van der Waals surface area (Å²) in [5, 5.41) is 3.47. The van der Waals surface area contributed by atoms with Gasteiger partial charge in [0.2, 0.25) is 5.89 Å². The highest BCUT2D eigenvalue weighted by molar-refractivity contribution is 5.53. The second-order valence-corrected chi connectivity index (χ2v) is 6.47. The summed E-state index contributed by atoms with van der Waals surface area (Å²) >= 11 is 0. The highest BCUT2D eigenvalue weighted by Gasteiger charge is 2.28. The van der Waals surface area contributed by atoms with E-state index in [1.165, 1.54) is 0 Å². The number of piperazine rings is 1. The van der Waals surface area contributed by atoms with Gasteiger partial charge in [0, 0.05) is 51.2 Å². The Morgan fingerprint density at radius 1 is 1.28 bits per heavy atom. The normalized spacial score (nSPS) is 18.6. The summed E-state index contributed by atoms with van der Waals surface area (Å²) in [5.74, 6) is 2.66. The largest absolute Gasteiger partial charge is 0.441 e. The van der Waals surface area contributed by atoms with E-state index in [2.05, 4.69) is 19.8 Å². The molecule has 3 aromatic rings. The van der Waals surface area contributed by atoms with Crippen molar-refractivity contribution in [3.63, 3.8) is 0 Å². The van der Waals surface area contributed by atoms with Crippen LogP contribution in [0.5, 0.6) is 0 Å². The Bertz CT molecular complexity index is 839. The minimum Gasteiger partial charge on any atom is -0.441 e. The van der Waals surface area contributed by atoms with Crippen LogP contribution in [0.15, 0.2) is 47.1 Å². The van der Waals surface area contributed by atoms with Crippen LogP contribution in [0.1, 0.15) is 23.3 Å². The predicted octanol–water partition coefficient (Wildman–Crippen LogP) is 2.53. The van der Waals surface area contributed by atoms with Crippen LogP contribution < -0.4 is 5.32 Å². The molecule has 1 aliphatic rings. The van der Waals surface area contributed by atoms with Gasteiger partial charge < -0.3 is 14.3 Å². The molecule has 1 atom stereocenters. The molecule has 0 spiro atoms. The zero-order valence-corrected chi connectivity index (χ0v) is 14.6. The van der Waals surface area contributed by atoms with E-state index in [-0.39, 0.29) is 6.04 Å². The molecule has 6 heteroatoms. The van der Waals surface area contributed by atoms with Crippen LogP contribution in [0.25, 0.3) is 11.5 Å². The fourth-order valence-electron chi connectivity index (χ4n) is 3.36. The lowest BCUT2D eigenvalue weighted by Crippen LogP contribution is -2.46. The average Bonchev–Trinajstić information content (AvgIpc) is 3.22. The number of nitrogens with zero attached hydrogens (tertiary/aromatic N) is 4. The number of oxazole rings is 1. The molecule has 1 saturated heterocycles. The van der Waals surface area contributed by atoms with Gasteiger partial charge in [-0.05, 0) is 19.1 Å². The van der Waals surface area contributed by atoms with Gasteiger partial charge in [0.05, 0.1) is 11.7 Å². The number of aromatic nitrogens is 3. The van der Waals surface area contributed by atoms with Gasteiger partial charge in [-0.15, -0.1) is 0 Å². The maximum atomic E-state index is 5.92. The molecule has 1 fully saturated rings. The summed E-state index contributed by atoms with van der Waals surface area (Å²) in [6, 6.07) is 10.3. The van der Waals surface area contributed by atoms with E-state index < -0.39 is 0 Å². The van der Waals surface area contributed by atoms with Crippen LogP contribution in [0, 0.1) is 6.92 Å². The third-order valence-electron chi connectivity index (χ3n) is 4.78. The average molecular weight is 337 g/mol. The first-order chi connectivity index (χ1) is 12.2. The first-order valence-electron chi connectivity index (χ1n) is 8.66. The number of imidazole rings is 1. The van der Waals surface area contributed by atoms with Gasteiger partial charge in [0.1, 0.15) is 11.6 Å². The zero-order chi connectivity index (χ0) is 17.2. The smallest absolute Gasteiger partial charge is 0.226 e. The van der Waals surface area contributed by atoms with Crippen LogP contribution in [0.2, 0.25) is 0 Å². The van der Waals surface area contributed by atoms with Crippen LogP contribution in [0.4, 0.5) is 0 Å². The molecule has 4 rings (SSSR count). The Hall–Kier alpha value is -2.44. The Morgan fingerprint density at radius 2 is 2.12 bits per heavy atom. The van der Waals surface area contributed by atoms with Crippen molar-refractivity contribution >= 4 is 0 Å². The molecule has 1 N–H and O–H groups in total. The molecule has 0 bridgehead atoms. The van der Waals surface area contributed by atoms with Gasteiger partial charge in [-0.25, -0.2) is 9.97 Å². The fourth-order valence-corrected chi connectivity index (χ4v) is 3.36. The molecule has 0 saturated carbocycles. The molecule has 1 aromatic carbocycles. The minimum absolute atomic E-state index is 0.241. The number of hydrogen-bond acceptors (Lipinski definition) is 5. The summed E-state index contributed by atoms with van der Waals surface area (Å²) in [6.07, 6.45) is 3.86. The maximum absolute atomic E-state index is 5.92. The van der Waals surface area contributed by atoms with E-state index in [1.807, 2.05) is 56.7 Å². The molecule has 130 valence electrons. The predicted molar refractivity (Wildman–Crippen MR) is 95.9 cm³/mol. The van der Waals surface area contributed by atoms with Crippen molar-refractivity contribution in [1.82, 2.24) is 24.8 Å². The van der Waals surface area contributed by atoms with Crippen LogP contribution in [-0.2, 0) is 13.6 Å². The van der Waals surface area contributed by atoms with Gasteiger partial charge in [-0.2, -0.15) is 0 Å². The Labute approximate surface area is 147 Å². The Balaban J connectivity index is 1.58. The lowest BCUT2D eigenvalue weighted by atomic mass is 10.1. The molecular formula is C19H23N5O. The molecule has 25 heavy (non-hydrogen) atoms. The number of nitrogens with one attached hydrogen (secondary N) is 1. The molecule has 0 aliphatic carbocycles. The van der Waals surface area contributed by atoms with E-state index >= 15 is 0 Å². The van der Waals surface area contributed by atoms with E-state index in [1.54, 1.807) is 0 Å². The van der Waals surface area contributed by atoms with E-state index in [4.69, 9.17) is 9.40 Å². The standard InChI is InChI=1S/C19H23N5O/c1-14-16(22-19(25-14)15-6-4-3-5-7-15)13-24-11-8-20-12-17(24)18-21-9-10-23(18)2/h3-7,9-10,17,20H,8,11-13H2,1-2H3. The molecular weight excluding hydrogens is 314 g/mol. The van der Waals surface area contributed by atoms with Crippen molar-refractivity contribution in [3.05, 3.63) is 60.0 Å². The molecule has 3 heterocycles. The topological polar surface area (TPSA) is 59.1 Å². The van der Waals surface area contributed by atoms with Crippen molar-refractivity contribution in [2.24, 2.45) is 7.05 Å². The lowest BCUT2D eigenvalue weighted by Gasteiger charge is -2.35. The van der Waals surface area contributed by atoms with Crippen LogP contribution >= 0.6 is 0 Å². The van der Waals surface area contributed by atoms with Gasteiger partial charge in [0.15, 0.2) is 0 Å². The van der Waals surface area contributed by atoms with Crippen molar-refractivity contribution < 1.29 is 4.42 Å². The van der Waals surface area contributed by atoms with Gasteiger partial charge in [-0.3, -0.25) is 4.90 Å². The number of benzene rings is 1. The number of hydrogen-bond donors (Lipinski definition) is 1. The second-order valence-electron chi connectivity index (χ2n) is 6.47. The van der Waals surface area contributed by atoms with Gasteiger partial charge in [0.25, 0.3) is 0 Å². The maximum Gasteiger partial charge on any atom is 0.226 e. The summed E-state index contributed by atoms with van der Waals surface area (Å²) < 4.78 is 8.01. The highest BCUT2D eigenvalue weighted by Crippen LogP contribution is 2.26. The second kappa shape index (κ2) is 6.82. The van der Waals surface area contributed by atoms with Gasteiger partial charge >= 0.3 is 0 Å². The molecule has 6 nitrogen and oxygen atoms in total. The third-order valence-corrected chi connectivity index (χ3v) is 4.78. The van der Waals surface area contributed by atoms with E-state index in [0.29, 0.717) is 5.89 Å². The monoisotopic (exact) mass is 337 g/mol. The Morgan fingerprint density at radius 3 is 2.88 bits per heavy atom. The summed E-state index contributed by atoms with van der Waals surface area (Å²) in [6.45, 7) is 5.59. The quantitative estimate of drug-likeness (QED) is 0.793. The molecule has 1 aliphatic heterocycles. The van der Waals surface area contributed by atoms with Crippen molar-refractivity contribution in [1.29, 1.82) is 0 Å². The molecule has 0 radical (unpaired) electrons. The summed E-state index contributed by atoms with van der Waals surface area (Å²) in [4.78, 5) is 11.7. The molecule has 1 unspecified atom stereocenters. The lowest BCUT2D eigenvalue weighted by molar-refractivity contribution is 0.142. The van der Waals surface area contributed by atoms with Crippen molar-refractivity contribution in [2.45, 2.75) is 19.5 Å². The Kier molecular flexibility index (Phi) is 4.38.